The van der Waals surface area contributed by atoms with E-state index in [0.29, 0.717) is 13.1 Å². The molecule has 0 fully saturated rings. The molecular weight excluding hydrogens is 288 g/mol. The summed E-state index contributed by atoms with van der Waals surface area (Å²) in [6, 6.07) is 0. The number of hydrogen-bond acceptors (Lipinski definition) is 4. The van der Waals surface area contributed by atoms with Crippen molar-refractivity contribution < 1.29 is 14.3 Å². The predicted octanol–water partition coefficient (Wildman–Crippen LogP) is 3.83. The summed E-state index contributed by atoms with van der Waals surface area (Å²) in [4.78, 5) is 27.0. The fourth-order valence-electron chi connectivity index (χ4n) is 1.89. The Morgan fingerprint density at radius 1 is 1.00 bits per heavy atom. The highest BCUT2D eigenvalue weighted by Gasteiger charge is 2.15. The lowest BCUT2D eigenvalue weighted by Gasteiger charge is -2.21. The monoisotopic (exact) mass is 318 g/mol. The Balaban J connectivity index is 3.87. The molecule has 0 aliphatic rings. The summed E-state index contributed by atoms with van der Waals surface area (Å²) in [6.07, 6.45) is 1.29. The first-order chi connectivity index (χ1) is 9.99. The molecule has 2 amide bonds. The summed E-state index contributed by atoms with van der Waals surface area (Å²) in [6.45, 7) is 12.6. The number of ether oxygens (including phenoxy) is 1. The van der Waals surface area contributed by atoms with Crippen LogP contribution in [0.15, 0.2) is 0 Å². The molecule has 0 N–H and O–H groups in total. The molecule has 1 atom stereocenters. The lowest BCUT2D eigenvalue weighted by molar-refractivity contribution is 0.0691. The van der Waals surface area contributed by atoms with Crippen LogP contribution in [0.2, 0.25) is 0 Å². The number of nitrogens with zero attached hydrogens (tertiary/aromatic N) is 2. The van der Waals surface area contributed by atoms with E-state index in [1.807, 2.05) is 39.5 Å². The number of carbonyl (C=O) groups is 2. The maximum atomic E-state index is 11.8. The summed E-state index contributed by atoms with van der Waals surface area (Å²) in [5, 5.41) is 0.132. The molecule has 0 aromatic heterocycles. The van der Waals surface area contributed by atoms with Gasteiger partial charge in [0.25, 0.3) is 5.24 Å². The van der Waals surface area contributed by atoms with Gasteiger partial charge in [-0.05, 0) is 47.5 Å². The Labute approximate surface area is 133 Å². The van der Waals surface area contributed by atoms with Crippen LogP contribution in [0.4, 0.5) is 9.59 Å². The van der Waals surface area contributed by atoms with E-state index in [0.717, 1.165) is 31.7 Å². The van der Waals surface area contributed by atoms with E-state index in [-0.39, 0.29) is 17.4 Å². The summed E-state index contributed by atoms with van der Waals surface area (Å²) in [5.41, 5.74) is 0. The van der Waals surface area contributed by atoms with E-state index in [1.165, 1.54) is 11.8 Å². The topological polar surface area (TPSA) is 49.9 Å². The molecule has 1 unspecified atom stereocenters. The standard InChI is InChI=1S/C15H30N2O3S/c1-6-16(7-2)14(18)20-13(5)11-10-12-21-15(19)17(8-3)9-4/h13H,6-12H2,1-5H3. The maximum absolute atomic E-state index is 11.8. The van der Waals surface area contributed by atoms with Crippen LogP contribution in [0.25, 0.3) is 0 Å². The third-order valence-electron chi connectivity index (χ3n) is 3.33. The molecule has 0 heterocycles. The number of carbonyl (C=O) groups excluding carboxylic acids is 2. The second-order valence-electron chi connectivity index (χ2n) is 4.80. The summed E-state index contributed by atoms with van der Waals surface area (Å²) in [5.74, 6) is 0.766. The fourth-order valence-corrected chi connectivity index (χ4v) is 2.82. The largest absolute Gasteiger partial charge is 0.446 e. The van der Waals surface area contributed by atoms with E-state index < -0.39 is 0 Å². The van der Waals surface area contributed by atoms with Crippen molar-refractivity contribution >= 4 is 23.1 Å². The van der Waals surface area contributed by atoms with Gasteiger partial charge in [-0.1, -0.05) is 11.8 Å². The minimum absolute atomic E-state index is 0.109. The lowest BCUT2D eigenvalue weighted by Crippen LogP contribution is -2.33. The lowest BCUT2D eigenvalue weighted by atomic mass is 10.2. The second kappa shape index (κ2) is 11.7. The van der Waals surface area contributed by atoms with E-state index in [1.54, 1.807) is 4.90 Å². The van der Waals surface area contributed by atoms with E-state index in [2.05, 4.69) is 0 Å². The first kappa shape index (κ1) is 20.1. The van der Waals surface area contributed by atoms with Crippen molar-refractivity contribution in [3.63, 3.8) is 0 Å². The molecule has 0 rings (SSSR count). The zero-order chi connectivity index (χ0) is 16.3. The van der Waals surface area contributed by atoms with Crippen LogP contribution in [0.1, 0.15) is 47.5 Å². The molecule has 0 bridgehead atoms. The van der Waals surface area contributed by atoms with Gasteiger partial charge in [0.1, 0.15) is 6.10 Å². The molecule has 5 nitrogen and oxygen atoms in total. The summed E-state index contributed by atoms with van der Waals surface area (Å²) in [7, 11) is 0. The van der Waals surface area contributed by atoms with Crippen molar-refractivity contribution in [2.75, 3.05) is 31.9 Å². The second-order valence-corrected chi connectivity index (χ2v) is 5.84. The normalized spacial score (nSPS) is 11.9. The average molecular weight is 318 g/mol. The zero-order valence-electron chi connectivity index (χ0n) is 14.1. The first-order valence-corrected chi connectivity index (χ1v) is 8.85. The molecule has 0 aliphatic carbocycles. The van der Waals surface area contributed by atoms with Gasteiger partial charge in [0.2, 0.25) is 0 Å². The van der Waals surface area contributed by atoms with Gasteiger partial charge in [-0.2, -0.15) is 0 Å². The van der Waals surface area contributed by atoms with Crippen LogP contribution < -0.4 is 0 Å². The number of amides is 2. The first-order valence-electron chi connectivity index (χ1n) is 7.87. The van der Waals surface area contributed by atoms with Crippen LogP contribution in [0, 0.1) is 0 Å². The van der Waals surface area contributed by atoms with Gasteiger partial charge in [-0.25, -0.2) is 4.79 Å². The molecule has 0 saturated carbocycles. The highest BCUT2D eigenvalue weighted by molar-refractivity contribution is 8.13. The number of hydrogen-bond donors (Lipinski definition) is 0. The molecule has 0 radical (unpaired) electrons. The quantitative estimate of drug-likeness (QED) is 0.606. The van der Waals surface area contributed by atoms with Crippen molar-refractivity contribution in [3.8, 4) is 0 Å². The highest BCUT2D eigenvalue weighted by Crippen LogP contribution is 2.13. The van der Waals surface area contributed by atoms with Gasteiger partial charge >= 0.3 is 6.09 Å². The van der Waals surface area contributed by atoms with Crippen LogP contribution in [0.3, 0.4) is 0 Å². The van der Waals surface area contributed by atoms with Crippen LogP contribution in [-0.4, -0.2) is 59.2 Å². The average Bonchev–Trinajstić information content (AvgIpc) is 2.46. The van der Waals surface area contributed by atoms with Crippen LogP contribution in [0.5, 0.6) is 0 Å². The zero-order valence-corrected chi connectivity index (χ0v) is 14.9. The molecule has 0 spiro atoms. The third kappa shape index (κ3) is 8.19. The third-order valence-corrected chi connectivity index (χ3v) is 4.32. The molecule has 124 valence electrons. The van der Waals surface area contributed by atoms with Crippen LogP contribution >= 0.6 is 11.8 Å². The Kier molecular flexibility index (Phi) is 11.2. The van der Waals surface area contributed by atoms with Gasteiger partial charge in [0.15, 0.2) is 0 Å². The predicted molar refractivity (Wildman–Crippen MR) is 88.9 cm³/mol. The van der Waals surface area contributed by atoms with Crippen molar-refractivity contribution in [2.45, 2.75) is 53.6 Å². The maximum Gasteiger partial charge on any atom is 0.409 e. The van der Waals surface area contributed by atoms with Crippen molar-refractivity contribution in [1.82, 2.24) is 9.80 Å². The highest BCUT2D eigenvalue weighted by atomic mass is 32.2. The molecule has 0 aliphatic heterocycles. The Morgan fingerprint density at radius 2 is 1.52 bits per heavy atom. The Morgan fingerprint density at radius 3 is 2.00 bits per heavy atom. The van der Waals surface area contributed by atoms with Crippen molar-refractivity contribution in [2.24, 2.45) is 0 Å². The molecular formula is C15H30N2O3S. The molecule has 0 saturated heterocycles. The van der Waals surface area contributed by atoms with Gasteiger partial charge < -0.3 is 14.5 Å². The molecule has 6 heteroatoms. The number of thioether (sulfide) groups is 1. The van der Waals surface area contributed by atoms with Gasteiger partial charge in [0, 0.05) is 31.9 Å². The summed E-state index contributed by atoms with van der Waals surface area (Å²) >= 11 is 1.35. The van der Waals surface area contributed by atoms with E-state index >= 15 is 0 Å². The van der Waals surface area contributed by atoms with E-state index in [9.17, 15) is 9.59 Å². The number of rotatable bonds is 9. The Hall–Kier alpha value is -0.910. The van der Waals surface area contributed by atoms with Crippen molar-refractivity contribution in [1.29, 1.82) is 0 Å². The smallest absolute Gasteiger partial charge is 0.409 e. The van der Waals surface area contributed by atoms with Crippen LogP contribution in [-0.2, 0) is 4.74 Å². The van der Waals surface area contributed by atoms with Crippen molar-refractivity contribution in [3.05, 3.63) is 0 Å². The molecule has 0 aromatic rings. The van der Waals surface area contributed by atoms with Gasteiger partial charge in [0.05, 0.1) is 0 Å². The SMILES string of the molecule is CCN(CC)C(=O)OC(C)CCCSC(=O)N(CC)CC. The minimum atomic E-state index is -0.251. The van der Waals surface area contributed by atoms with E-state index in [4.69, 9.17) is 4.74 Å². The molecule has 0 aromatic carbocycles. The Bertz CT molecular complexity index is 305. The minimum Gasteiger partial charge on any atom is -0.446 e. The van der Waals surface area contributed by atoms with Gasteiger partial charge in [-0.3, -0.25) is 4.79 Å². The van der Waals surface area contributed by atoms with Gasteiger partial charge in [-0.15, -0.1) is 0 Å². The molecule has 21 heavy (non-hydrogen) atoms. The fraction of sp³-hybridized carbons (Fsp3) is 0.867. The summed E-state index contributed by atoms with van der Waals surface area (Å²) < 4.78 is 5.37.